The molecule has 0 fully saturated rings. The van der Waals surface area contributed by atoms with Gasteiger partial charge in [-0.25, -0.2) is 4.98 Å². The van der Waals surface area contributed by atoms with Crippen molar-refractivity contribution in [1.82, 2.24) is 14.9 Å². The summed E-state index contributed by atoms with van der Waals surface area (Å²) in [6, 6.07) is 5.64. The number of aromatic nitrogens is 2. The average molecular weight is 340 g/mol. The lowest BCUT2D eigenvalue weighted by molar-refractivity contribution is -0.118. The highest BCUT2D eigenvalue weighted by molar-refractivity contribution is 7.99. The van der Waals surface area contributed by atoms with Crippen LogP contribution >= 0.6 is 23.4 Å². The first-order valence-electron chi connectivity index (χ1n) is 7.63. The van der Waals surface area contributed by atoms with E-state index in [1.807, 2.05) is 29.8 Å². The Morgan fingerprint density at radius 3 is 2.95 bits per heavy atom. The summed E-state index contributed by atoms with van der Waals surface area (Å²) in [6.45, 7) is 2.94. The maximum absolute atomic E-state index is 11.8. The molecule has 0 aliphatic rings. The second-order valence-electron chi connectivity index (χ2n) is 5.29. The summed E-state index contributed by atoms with van der Waals surface area (Å²) in [5.41, 5.74) is 1.88. The van der Waals surface area contributed by atoms with Crippen LogP contribution in [-0.4, -0.2) is 27.8 Å². The Balaban J connectivity index is 1.84. The van der Waals surface area contributed by atoms with Crippen LogP contribution in [-0.2, 0) is 11.8 Å². The number of fused-ring (bicyclic) bond motifs is 1. The third kappa shape index (κ3) is 4.65. The average Bonchev–Trinajstić information content (AvgIpc) is 2.80. The van der Waals surface area contributed by atoms with Gasteiger partial charge in [-0.05, 0) is 24.6 Å². The topological polar surface area (TPSA) is 46.9 Å². The van der Waals surface area contributed by atoms with E-state index < -0.39 is 0 Å². The first-order valence-corrected chi connectivity index (χ1v) is 8.99. The molecule has 1 heterocycles. The van der Waals surface area contributed by atoms with Gasteiger partial charge in [-0.3, -0.25) is 4.79 Å². The standard InChI is InChI=1S/C16H22ClN3OS/c1-3-4-5-6-9-18-15(21)11-22-16-19-13-10-12(17)7-8-14(13)20(16)2/h7-8,10H,3-6,9,11H2,1-2H3,(H,18,21). The minimum Gasteiger partial charge on any atom is -0.355 e. The summed E-state index contributed by atoms with van der Waals surface area (Å²) in [7, 11) is 1.95. The predicted octanol–water partition coefficient (Wildman–Crippen LogP) is 4.02. The highest BCUT2D eigenvalue weighted by Gasteiger charge is 2.10. The predicted molar refractivity (Wildman–Crippen MR) is 93.6 cm³/mol. The first-order chi connectivity index (χ1) is 10.6. The Morgan fingerprint density at radius 2 is 2.18 bits per heavy atom. The third-order valence-electron chi connectivity index (χ3n) is 3.49. The van der Waals surface area contributed by atoms with Gasteiger partial charge in [0.1, 0.15) is 0 Å². The number of thioether (sulfide) groups is 1. The van der Waals surface area contributed by atoms with Gasteiger partial charge >= 0.3 is 0 Å². The van der Waals surface area contributed by atoms with Crippen LogP contribution in [0.1, 0.15) is 32.6 Å². The van der Waals surface area contributed by atoms with Crippen molar-refractivity contribution in [2.24, 2.45) is 7.05 Å². The van der Waals surface area contributed by atoms with Crippen LogP contribution in [0.3, 0.4) is 0 Å². The van der Waals surface area contributed by atoms with Crippen LogP contribution in [0, 0.1) is 0 Å². The molecular weight excluding hydrogens is 318 g/mol. The number of aryl methyl sites for hydroxylation is 1. The Hall–Kier alpha value is -1.20. The highest BCUT2D eigenvalue weighted by Crippen LogP contribution is 2.24. The maximum atomic E-state index is 11.8. The molecule has 0 saturated carbocycles. The van der Waals surface area contributed by atoms with Gasteiger partial charge in [0.25, 0.3) is 0 Å². The minimum atomic E-state index is 0.0617. The van der Waals surface area contributed by atoms with Crippen LogP contribution in [0.5, 0.6) is 0 Å². The number of imidazole rings is 1. The van der Waals surface area contributed by atoms with Crippen molar-refractivity contribution in [3.05, 3.63) is 23.2 Å². The van der Waals surface area contributed by atoms with E-state index in [9.17, 15) is 4.79 Å². The van der Waals surface area contributed by atoms with Crippen LogP contribution in [0.15, 0.2) is 23.4 Å². The Kier molecular flexibility index (Phi) is 6.58. The van der Waals surface area contributed by atoms with Gasteiger partial charge in [-0.1, -0.05) is 49.5 Å². The molecule has 120 valence electrons. The second kappa shape index (κ2) is 8.44. The normalized spacial score (nSPS) is 11.0. The molecule has 0 saturated heterocycles. The SMILES string of the molecule is CCCCCCNC(=O)CSc1nc2cc(Cl)ccc2n1C. The smallest absolute Gasteiger partial charge is 0.230 e. The zero-order chi connectivity index (χ0) is 15.9. The number of hydrogen-bond acceptors (Lipinski definition) is 3. The van der Waals surface area contributed by atoms with Crippen molar-refractivity contribution >= 4 is 40.3 Å². The van der Waals surface area contributed by atoms with Crippen molar-refractivity contribution in [2.75, 3.05) is 12.3 Å². The second-order valence-corrected chi connectivity index (χ2v) is 6.66. The summed E-state index contributed by atoms with van der Waals surface area (Å²) in [6.07, 6.45) is 4.66. The van der Waals surface area contributed by atoms with Crippen molar-refractivity contribution < 1.29 is 4.79 Å². The molecule has 0 spiro atoms. The van der Waals surface area contributed by atoms with Gasteiger partial charge in [-0.2, -0.15) is 0 Å². The number of carbonyl (C=O) groups excluding carboxylic acids is 1. The molecule has 6 heteroatoms. The fourth-order valence-electron chi connectivity index (χ4n) is 2.24. The van der Waals surface area contributed by atoms with E-state index in [2.05, 4.69) is 17.2 Å². The third-order valence-corrected chi connectivity index (χ3v) is 4.75. The van der Waals surface area contributed by atoms with E-state index in [0.29, 0.717) is 10.8 Å². The fraction of sp³-hybridized carbons (Fsp3) is 0.500. The zero-order valence-corrected chi connectivity index (χ0v) is 14.6. The summed E-state index contributed by atoms with van der Waals surface area (Å²) in [5, 5.41) is 4.46. The summed E-state index contributed by atoms with van der Waals surface area (Å²) < 4.78 is 1.99. The molecular formula is C16H22ClN3OS. The minimum absolute atomic E-state index is 0.0617. The van der Waals surface area contributed by atoms with E-state index in [1.54, 1.807) is 0 Å². The molecule has 2 rings (SSSR count). The number of rotatable bonds is 8. The number of benzene rings is 1. The summed E-state index contributed by atoms with van der Waals surface area (Å²) in [5.74, 6) is 0.449. The van der Waals surface area contributed by atoms with Crippen molar-refractivity contribution in [1.29, 1.82) is 0 Å². The first kappa shape index (κ1) is 17.2. The number of halogens is 1. The molecule has 0 bridgehead atoms. The molecule has 0 aliphatic heterocycles. The van der Waals surface area contributed by atoms with Gasteiger partial charge in [0.2, 0.25) is 5.91 Å². The molecule has 2 aromatic rings. The highest BCUT2D eigenvalue weighted by atomic mass is 35.5. The quantitative estimate of drug-likeness (QED) is 0.583. The Morgan fingerprint density at radius 1 is 1.36 bits per heavy atom. The molecule has 4 nitrogen and oxygen atoms in total. The number of unbranched alkanes of at least 4 members (excludes halogenated alkanes) is 3. The molecule has 22 heavy (non-hydrogen) atoms. The molecule has 0 atom stereocenters. The van der Waals surface area contributed by atoms with Crippen molar-refractivity contribution in [3.8, 4) is 0 Å². The lowest BCUT2D eigenvalue weighted by atomic mass is 10.2. The van der Waals surface area contributed by atoms with E-state index in [1.165, 1.54) is 31.0 Å². The van der Waals surface area contributed by atoms with E-state index in [0.717, 1.165) is 29.2 Å². The monoisotopic (exact) mass is 339 g/mol. The van der Waals surface area contributed by atoms with E-state index >= 15 is 0 Å². The number of nitrogens with one attached hydrogen (secondary N) is 1. The van der Waals surface area contributed by atoms with Gasteiger partial charge in [-0.15, -0.1) is 0 Å². The van der Waals surface area contributed by atoms with Crippen molar-refractivity contribution in [3.63, 3.8) is 0 Å². The zero-order valence-electron chi connectivity index (χ0n) is 13.1. The molecule has 0 radical (unpaired) electrons. The van der Waals surface area contributed by atoms with Crippen LogP contribution in [0.25, 0.3) is 11.0 Å². The fourth-order valence-corrected chi connectivity index (χ4v) is 3.22. The van der Waals surface area contributed by atoms with E-state index in [-0.39, 0.29) is 5.91 Å². The molecule has 0 aliphatic carbocycles. The Labute approximate surface area is 140 Å². The summed E-state index contributed by atoms with van der Waals surface area (Å²) in [4.78, 5) is 16.4. The molecule has 1 aromatic carbocycles. The van der Waals surface area contributed by atoms with Gasteiger partial charge in [0.15, 0.2) is 5.16 Å². The van der Waals surface area contributed by atoms with Crippen LogP contribution in [0.2, 0.25) is 5.02 Å². The largest absolute Gasteiger partial charge is 0.355 e. The number of carbonyl (C=O) groups is 1. The number of hydrogen-bond donors (Lipinski definition) is 1. The van der Waals surface area contributed by atoms with E-state index in [4.69, 9.17) is 11.6 Å². The summed E-state index contributed by atoms with van der Waals surface area (Å²) >= 11 is 7.43. The van der Waals surface area contributed by atoms with Crippen LogP contribution < -0.4 is 5.32 Å². The maximum Gasteiger partial charge on any atom is 0.230 e. The molecule has 1 amide bonds. The number of nitrogens with zero attached hydrogens (tertiary/aromatic N) is 2. The molecule has 1 aromatic heterocycles. The van der Waals surface area contributed by atoms with Gasteiger partial charge in [0, 0.05) is 18.6 Å². The lowest BCUT2D eigenvalue weighted by Crippen LogP contribution is -2.26. The number of amides is 1. The van der Waals surface area contributed by atoms with Crippen LogP contribution in [0.4, 0.5) is 0 Å². The van der Waals surface area contributed by atoms with Crippen molar-refractivity contribution in [2.45, 2.75) is 37.8 Å². The Bertz CT molecular complexity index is 642. The molecule has 0 unspecified atom stereocenters. The lowest BCUT2D eigenvalue weighted by Gasteiger charge is -2.05. The van der Waals surface area contributed by atoms with Gasteiger partial charge in [0.05, 0.1) is 16.8 Å². The van der Waals surface area contributed by atoms with Gasteiger partial charge < -0.3 is 9.88 Å². The molecule has 1 N–H and O–H groups in total.